The zero-order valence-corrected chi connectivity index (χ0v) is 9.85. The molecule has 1 amide bonds. The second kappa shape index (κ2) is 5.32. The van der Waals surface area contributed by atoms with Crippen LogP contribution in [0, 0.1) is 5.41 Å². The average Bonchev–Trinajstić information content (AvgIpc) is 2.87. The van der Waals surface area contributed by atoms with Crippen LogP contribution in [-0.4, -0.2) is 22.6 Å². The summed E-state index contributed by atoms with van der Waals surface area (Å²) in [6.07, 6.45) is 7.24. The number of carbonyl (C=O) groups excluding carboxylic acids is 1. The molecule has 1 aliphatic rings. The summed E-state index contributed by atoms with van der Waals surface area (Å²) in [6.45, 7) is 0.427. The second-order valence-corrected chi connectivity index (χ2v) is 4.13. The van der Waals surface area contributed by atoms with Crippen LogP contribution in [0.15, 0.2) is 12.4 Å². The molecule has 5 nitrogen and oxygen atoms in total. The van der Waals surface area contributed by atoms with Crippen LogP contribution in [0.4, 0.5) is 5.69 Å². The fourth-order valence-corrected chi connectivity index (χ4v) is 2.16. The summed E-state index contributed by atoms with van der Waals surface area (Å²) in [5.74, 6) is 0.0314. The van der Waals surface area contributed by atoms with Gasteiger partial charge in [-0.25, -0.2) is 0 Å². The minimum atomic E-state index is -0.350. The number of carbonyl (C=O) groups is 1. The Balaban J connectivity index is 0.00000128. The van der Waals surface area contributed by atoms with Gasteiger partial charge in [0.25, 0.3) is 0 Å². The lowest BCUT2D eigenvalue weighted by atomic mass is 9.85. The number of amides is 1. The Hall–Kier alpha value is -1.07. The molecule has 0 aromatic carbocycles. The smallest absolute Gasteiger partial charge is 0.231 e. The van der Waals surface area contributed by atoms with Crippen LogP contribution in [0.25, 0.3) is 0 Å². The maximum absolute atomic E-state index is 12.0. The van der Waals surface area contributed by atoms with E-state index in [0.717, 1.165) is 25.7 Å². The maximum atomic E-state index is 12.0. The van der Waals surface area contributed by atoms with Crippen molar-refractivity contribution in [2.75, 3.05) is 11.9 Å². The summed E-state index contributed by atoms with van der Waals surface area (Å²) < 4.78 is 0. The van der Waals surface area contributed by atoms with Crippen molar-refractivity contribution in [2.45, 2.75) is 25.7 Å². The Kier molecular flexibility index (Phi) is 4.32. The number of nitrogens with two attached hydrogens (primary N) is 1. The van der Waals surface area contributed by atoms with E-state index in [-0.39, 0.29) is 23.7 Å². The van der Waals surface area contributed by atoms with Gasteiger partial charge >= 0.3 is 0 Å². The third-order valence-electron chi connectivity index (χ3n) is 3.19. The Morgan fingerprint density at radius 1 is 1.56 bits per heavy atom. The number of aromatic nitrogens is 2. The topological polar surface area (TPSA) is 83.8 Å². The molecule has 16 heavy (non-hydrogen) atoms. The van der Waals surface area contributed by atoms with E-state index in [4.69, 9.17) is 5.73 Å². The Morgan fingerprint density at radius 2 is 2.25 bits per heavy atom. The van der Waals surface area contributed by atoms with Crippen LogP contribution in [-0.2, 0) is 4.79 Å². The Morgan fingerprint density at radius 3 is 2.75 bits per heavy atom. The molecule has 4 N–H and O–H groups in total. The summed E-state index contributed by atoms with van der Waals surface area (Å²) in [5, 5.41) is 9.28. The van der Waals surface area contributed by atoms with Crippen LogP contribution in [0.3, 0.4) is 0 Å². The number of anilines is 1. The van der Waals surface area contributed by atoms with E-state index in [1.54, 1.807) is 12.4 Å². The lowest BCUT2D eigenvalue weighted by molar-refractivity contribution is -0.124. The molecule has 1 saturated carbocycles. The fraction of sp³-hybridized carbons (Fsp3) is 0.600. The third-order valence-corrected chi connectivity index (χ3v) is 3.19. The zero-order valence-electron chi connectivity index (χ0n) is 9.03. The van der Waals surface area contributed by atoms with Gasteiger partial charge in [0, 0.05) is 12.7 Å². The minimum absolute atomic E-state index is 0. The highest BCUT2D eigenvalue weighted by molar-refractivity contribution is 5.95. The van der Waals surface area contributed by atoms with Crippen molar-refractivity contribution in [2.24, 2.45) is 11.1 Å². The predicted octanol–water partition coefficient (Wildman–Crippen LogP) is 1.29. The largest absolute Gasteiger partial charge is 0.329 e. The molecule has 1 aromatic heterocycles. The van der Waals surface area contributed by atoms with E-state index in [2.05, 4.69) is 15.5 Å². The normalized spacial score (nSPS) is 17.8. The molecule has 1 aliphatic carbocycles. The Bertz CT molecular complexity index is 333. The number of rotatable bonds is 3. The molecule has 6 heteroatoms. The predicted molar refractivity (Wildman–Crippen MR) is 64.4 cm³/mol. The number of H-pyrrole nitrogens is 1. The monoisotopic (exact) mass is 244 g/mol. The van der Waals surface area contributed by atoms with Crippen molar-refractivity contribution in [3.63, 3.8) is 0 Å². The summed E-state index contributed by atoms with van der Waals surface area (Å²) in [7, 11) is 0. The zero-order chi connectivity index (χ0) is 10.7. The molecule has 1 aromatic rings. The van der Waals surface area contributed by atoms with Gasteiger partial charge in [0.1, 0.15) is 0 Å². The highest BCUT2D eigenvalue weighted by Gasteiger charge is 2.39. The van der Waals surface area contributed by atoms with Gasteiger partial charge in [-0.2, -0.15) is 5.10 Å². The van der Waals surface area contributed by atoms with Crippen LogP contribution < -0.4 is 11.1 Å². The van der Waals surface area contributed by atoms with Crippen molar-refractivity contribution < 1.29 is 4.79 Å². The van der Waals surface area contributed by atoms with Crippen molar-refractivity contribution in [3.05, 3.63) is 12.4 Å². The molecule has 1 fully saturated rings. The van der Waals surface area contributed by atoms with E-state index >= 15 is 0 Å². The number of nitrogens with one attached hydrogen (secondary N) is 2. The number of halogens is 1. The summed E-state index contributed by atoms with van der Waals surface area (Å²) in [5.41, 5.74) is 6.07. The SMILES string of the molecule is Cl.NCC1(C(=O)Nc2cn[nH]c2)CCCC1. The Labute approximate surface area is 101 Å². The molecule has 0 spiro atoms. The number of hydrogen-bond donors (Lipinski definition) is 3. The molecule has 0 aliphatic heterocycles. The molecule has 0 unspecified atom stereocenters. The quantitative estimate of drug-likeness (QED) is 0.749. The van der Waals surface area contributed by atoms with Gasteiger partial charge in [-0.15, -0.1) is 12.4 Å². The van der Waals surface area contributed by atoms with E-state index in [1.165, 1.54) is 0 Å². The molecule has 2 rings (SSSR count). The van der Waals surface area contributed by atoms with Crippen LogP contribution in [0.2, 0.25) is 0 Å². The van der Waals surface area contributed by atoms with Crippen molar-refractivity contribution in [1.82, 2.24) is 10.2 Å². The second-order valence-electron chi connectivity index (χ2n) is 4.13. The van der Waals surface area contributed by atoms with Gasteiger partial charge in [-0.3, -0.25) is 9.89 Å². The summed E-state index contributed by atoms with van der Waals surface area (Å²) in [6, 6.07) is 0. The number of nitrogens with zero attached hydrogens (tertiary/aromatic N) is 1. The van der Waals surface area contributed by atoms with Gasteiger partial charge in [0.15, 0.2) is 0 Å². The maximum Gasteiger partial charge on any atom is 0.231 e. The highest BCUT2D eigenvalue weighted by Crippen LogP contribution is 2.38. The minimum Gasteiger partial charge on any atom is -0.329 e. The third kappa shape index (κ3) is 2.36. The molecule has 0 radical (unpaired) electrons. The van der Waals surface area contributed by atoms with E-state index < -0.39 is 0 Å². The van der Waals surface area contributed by atoms with Crippen molar-refractivity contribution in [3.8, 4) is 0 Å². The standard InChI is InChI=1S/C10H16N4O.ClH/c11-7-10(3-1-2-4-10)9(15)14-8-5-12-13-6-8;/h5-6H,1-4,7,11H2,(H,12,13)(H,14,15);1H. The van der Waals surface area contributed by atoms with E-state index in [0.29, 0.717) is 12.2 Å². The van der Waals surface area contributed by atoms with E-state index in [9.17, 15) is 4.79 Å². The first-order valence-corrected chi connectivity index (χ1v) is 5.27. The number of aromatic amines is 1. The van der Waals surface area contributed by atoms with Gasteiger partial charge < -0.3 is 11.1 Å². The van der Waals surface area contributed by atoms with Crippen LogP contribution in [0.1, 0.15) is 25.7 Å². The molecule has 0 bridgehead atoms. The van der Waals surface area contributed by atoms with Crippen LogP contribution in [0.5, 0.6) is 0 Å². The molecule has 0 saturated heterocycles. The average molecular weight is 245 g/mol. The van der Waals surface area contributed by atoms with Gasteiger partial charge in [-0.05, 0) is 12.8 Å². The van der Waals surface area contributed by atoms with Gasteiger partial charge in [0.2, 0.25) is 5.91 Å². The molecular weight excluding hydrogens is 228 g/mol. The van der Waals surface area contributed by atoms with Crippen molar-refractivity contribution >= 4 is 24.0 Å². The van der Waals surface area contributed by atoms with Gasteiger partial charge in [-0.1, -0.05) is 12.8 Å². The lowest BCUT2D eigenvalue weighted by Gasteiger charge is -2.25. The lowest BCUT2D eigenvalue weighted by Crippen LogP contribution is -2.40. The van der Waals surface area contributed by atoms with Crippen LogP contribution >= 0.6 is 12.4 Å². The first-order chi connectivity index (χ1) is 7.27. The fourth-order valence-electron chi connectivity index (χ4n) is 2.16. The van der Waals surface area contributed by atoms with Gasteiger partial charge in [0.05, 0.1) is 17.3 Å². The first kappa shape index (κ1) is 13.0. The van der Waals surface area contributed by atoms with E-state index in [1.807, 2.05) is 0 Å². The molecule has 1 heterocycles. The first-order valence-electron chi connectivity index (χ1n) is 5.27. The van der Waals surface area contributed by atoms with Crippen molar-refractivity contribution in [1.29, 1.82) is 0 Å². The molecule has 0 atom stereocenters. The highest BCUT2D eigenvalue weighted by atomic mass is 35.5. The summed E-state index contributed by atoms with van der Waals surface area (Å²) in [4.78, 5) is 12.0. The molecule has 90 valence electrons. The molecular formula is C10H17ClN4O. The number of hydrogen-bond acceptors (Lipinski definition) is 3. The summed E-state index contributed by atoms with van der Waals surface area (Å²) >= 11 is 0.